The van der Waals surface area contributed by atoms with Crippen LogP contribution in [-0.4, -0.2) is 23.6 Å². The topological polar surface area (TPSA) is 78.7 Å². The van der Waals surface area contributed by atoms with Crippen molar-refractivity contribution < 1.29 is 19.2 Å². The van der Waals surface area contributed by atoms with Gasteiger partial charge in [-0.25, -0.2) is 4.79 Å². The Bertz CT molecular complexity index is 416. The maximum absolute atomic E-state index is 11.2. The van der Waals surface area contributed by atoms with Gasteiger partial charge in [0.1, 0.15) is 5.75 Å². The number of nitrogens with zero attached hydrogens (tertiary/aromatic N) is 1. The van der Waals surface area contributed by atoms with Gasteiger partial charge >= 0.3 is 5.97 Å². The molecule has 0 amide bonds. The third kappa shape index (κ3) is 4.50. The molecule has 0 atom stereocenters. The number of hydrogen-bond donors (Lipinski definition) is 0. The lowest BCUT2D eigenvalue weighted by atomic mass is 10.3. The number of non-ortho nitro benzene ring substituents is 1. The highest BCUT2D eigenvalue weighted by molar-refractivity contribution is 5.71. The van der Waals surface area contributed by atoms with Crippen molar-refractivity contribution in [3.63, 3.8) is 0 Å². The lowest BCUT2D eigenvalue weighted by molar-refractivity contribution is -0.384. The summed E-state index contributed by atoms with van der Waals surface area (Å²) in [5.74, 6) is -0.244. The molecule has 0 unspecified atom stereocenters. The predicted octanol–water partition coefficient (Wildman–Crippen LogP) is 1.93. The van der Waals surface area contributed by atoms with E-state index in [0.717, 1.165) is 0 Å². The van der Waals surface area contributed by atoms with E-state index in [0.29, 0.717) is 0 Å². The minimum absolute atomic E-state index is 0.0836. The summed E-state index contributed by atoms with van der Waals surface area (Å²) in [6.45, 7) is 3.19. The number of ether oxygens (including phenoxy) is 2. The molecule has 1 rings (SSSR count). The predicted molar refractivity (Wildman–Crippen MR) is 59.8 cm³/mol. The molecule has 17 heavy (non-hydrogen) atoms. The molecule has 92 valence electrons. The zero-order valence-corrected chi connectivity index (χ0v) is 9.58. The molecule has 0 bridgehead atoms. The van der Waals surface area contributed by atoms with E-state index in [1.54, 1.807) is 13.8 Å². The summed E-state index contributed by atoms with van der Waals surface area (Å²) in [6, 6.07) is 5.62. The SMILES string of the molecule is CC(C)OC(=O)COc1cccc([N+](=O)[O-])c1. The number of hydrogen-bond acceptors (Lipinski definition) is 5. The molecule has 0 fully saturated rings. The Morgan fingerprint density at radius 2 is 2.18 bits per heavy atom. The molecule has 0 spiro atoms. The summed E-state index contributed by atoms with van der Waals surface area (Å²) in [7, 11) is 0. The van der Waals surface area contributed by atoms with Crippen molar-refractivity contribution in [2.24, 2.45) is 0 Å². The minimum Gasteiger partial charge on any atom is -0.482 e. The van der Waals surface area contributed by atoms with E-state index in [1.165, 1.54) is 24.3 Å². The highest BCUT2D eigenvalue weighted by Crippen LogP contribution is 2.18. The number of esters is 1. The fraction of sp³-hybridized carbons (Fsp3) is 0.364. The van der Waals surface area contributed by atoms with Crippen LogP contribution >= 0.6 is 0 Å². The first kappa shape index (κ1) is 13.0. The Morgan fingerprint density at radius 1 is 1.47 bits per heavy atom. The molecule has 6 nitrogen and oxygen atoms in total. The molecule has 0 aliphatic heterocycles. The number of nitro benzene ring substituents is 1. The van der Waals surface area contributed by atoms with Crippen LogP contribution in [0.1, 0.15) is 13.8 Å². The number of benzene rings is 1. The molecule has 0 heterocycles. The van der Waals surface area contributed by atoms with Gasteiger partial charge in [-0.15, -0.1) is 0 Å². The molecule has 0 aromatic heterocycles. The van der Waals surface area contributed by atoms with Crippen LogP contribution in [-0.2, 0) is 9.53 Å². The second-order valence-electron chi connectivity index (χ2n) is 3.58. The van der Waals surface area contributed by atoms with Gasteiger partial charge in [0.2, 0.25) is 0 Å². The van der Waals surface area contributed by atoms with E-state index in [9.17, 15) is 14.9 Å². The largest absolute Gasteiger partial charge is 0.482 e. The molecule has 0 aliphatic rings. The Hall–Kier alpha value is -2.11. The van der Waals surface area contributed by atoms with Crippen molar-refractivity contribution >= 4 is 11.7 Å². The van der Waals surface area contributed by atoms with E-state index < -0.39 is 10.9 Å². The summed E-state index contributed by atoms with van der Waals surface area (Å²) in [4.78, 5) is 21.1. The first-order valence-corrected chi connectivity index (χ1v) is 5.06. The number of rotatable bonds is 5. The van der Waals surface area contributed by atoms with Crippen LogP contribution in [0.5, 0.6) is 5.75 Å². The van der Waals surface area contributed by atoms with Gasteiger partial charge in [-0.3, -0.25) is 10.1 Å². The third-order valence-corrected chi connectivity index (χ3v) is 1.75. The van der Waals surface area contributed by atoms with Crippen molar-refractivity contribution in [3.05, 3.63) is 34.4 Å². The molecule has 0 aliphatic carbocycles. The fourth-order valence-corrected chi connectivity index (χ4v) is 1.13. The van der Waals surface area contributed by atoms with Gasteiger partial charge < -0.3 is 9.47 Å². The average Bonchev–Trinajstić information content (AvgIpc) is 2.26. The van der Waals surface area contributed by atoms with Gasteiger partial charge in [-0.2, -0.15) is 0 Å². The standard InChI is InChI=1S/C11H13NO5/c1-8(2)17-11(13)7-16-10-5-3-4-9(6-10)12(14)15/h3-6,8H,7H2,1-2H3. The lowest BCUT2D eigenvalue weighted by Crippen LogP contribution is -2.18. The maximum Gasteiger partial charge on any atom is 0.344 e. The summed E-state index contributed by atoms with van der Waals surface area (Å²) in [6.07, 6.45) is -0.212. The van der Waals surface area contributed by atoms with Crippen LogP contribution in [0, 0.1) is 10.1 Å². The normalized spacial score (nSPS) is 10.1. The molecule has 1 aromatic carbocycles. The zero-order valence-electron chi connectivity index (χ0n) is 9.58. The van der Waals surface area contributed by atoms with Crippen molar-refractivity contribution in [1.82, 2.24) is 0 Å². The first-order chi connectivity index (χ1) is 7.99. The van der Waals surface area contributed by atoms with Gasteiger partial charge in [0.25, 0.3) is 5.69 Å². The lowest BCUT2D eigenvalue weighted by Gasteiger charge is -2.08. The fourth-order valence-electron chi connectivity index (χ4n) is 1.13. The van der Waals surface area contributed by atoms with Gasteiger partial charge in [0, 0.05) is 6.07 Å². The molecule has 0 saturated heterocycles. The molecular formula is C11H13NO5. The number of nitro groups is 1. The number of carbonyl (C=O) groups is 1. The molecule has 0 N–H and O–H groups in total. The molecule has 1 aromatic rings. The van der Waals surface area contributed by atoms with E-state index in [-0.39, 0.29) is 24.1 Å². The average molecular weight is 239 g/mol. The van der Waals surface area contributed by atoms with E-state index in [2.05, 4.69) is 0 Å². The van der Waals surface area contributed by atoms with E-state index in [4.69, 9.17) is 9.47 Å². The van der Waals surface area contributed by atoms with Crippen molar-refractivity contribution in [3.8, 4) is 5.75 Å². The second-order valence-corrected chi connectivity index (χ2v) is 3.58. The van der Waals surface area contributed by atoms with Crippen molar-refractivity contribution in [2.45, 2.75) is 20.0 Å². The van der Waals surface area contributed by atoms with Gasteiger partial charge in [-0.1, -0.05) is 6.07 Å². The summed E-state index contributed by atoms with van der Waals surface area (Å²) in [5, 5.41) is 10.5. The third-order valence-electron chi connectivity index (χ3n) is 1.75. The molecular weight excluding hydrogens is 226 g/mol. The van der Waals surface area contributed by atoms with Gasteiger partial charge in [0.05, 0.1) is 17.1 Å². The highest BCUT2D eigenvalue weighted by atomic mass is 16.6. The van der Waals surface area contributed by atoms with Crippen LogP contribution in [0.3, 0.4) is 0 Å². The monoisotopic (exact) mass is 239 g/mol. The van der Waals surface area contributed by atoms with Crippen molar-refractivity contribution in [1.29, 1.82) is 0 Å². The van der Waals surface area contributed by atoms with E-state index in [1.807, 2.05) is 0 Å². The highest BCUT2D eigenvalue weighted by Gasteiger charge is 2.09. The van der Waals surface area contributed by atoms with Crippen LogP contribution in [0.4, 0.5) is 5.69 Å². The first-order valence-electron chi connectivity index (χ1n) is 5.06. The quantitative estimate of drug-likeness (QED) is 0.445. The van der Waals surface area contributed by atoms with E-state index >= 15 is 0 Å². The smallest absolute Gasteiger partial charge is 0.344 e. The Morgan fingerprint density at radius 3 is 2.76 bits per heavy atom. The summed E-state index contributed by atoms with van der Waals surface area (Å²) in [5.41, 5.74) is -0.0836. The van der Waals surface area contributed by atoms with Crippen LogP contribution in [0.15, 0.2) is 24.3 Å². The molecule has 6 heteroatoms. The Balaban J connectivity index is 2.54. The van der Waals surface area contributed by atoms with Crippen molar-refractivity contribution in [2.75, 3.05) is 6.61 Å². The number of carbonyl (C=O) groups excluding carboxylic acids is 1. The summed E-state index contributed by atoms with van der Waals surface area (Å²) < 4.78 is 9.93. The van der Waals surface area contributed by atoms with Gasteiger partial charge in [-0.05, 0) is 19.9 Å². The maximum atomic E-state index is 11.2. The second kappa shape index (κ2) is 5.83. The Labute approximate surface area is 98.3 Å². The zero-order chi connectivity index (χ0) is 12.8. The Kier molecular flexibility index (Phi) is 4.45. The van der Waals surface area contributed by atoms with Crippen LogP contribution in [0.25, 0.3) is 0 Å². The minimum atomic E-state index is -0.528. The summed E-state index contributed by atoms with van der Waals surface area (Å²) >= 11 is 0. The molecule has 0 radical (unpaired) electrons. The van der Waals surface area contributed by atoms with Crippen LogP contribution in [0.2, 0.25) is 0 Å². The molecule has 0 saturated carbocycles. The van der Waals surface area contributed by atoms with Gasteiger partial charge in [0.15, 0.2) is 6.61 Å². The van der Waals surface area contributed by atoms with Crippen LogP contribution < -0.4 is 4.74 Å².